The summed E-state index contributed by atoms with van der Waals surface area (Å²) in [6, 6.07) is 11.6. The molecule has 1 unspecified atom stereocenters. The van der Waals surface area contributed by atoms with E-state index in [1.807, 2.05) is 57.3 Å². The molecule has 31 heavy (non-hydrogen) atoms. The molecule has 0 aliphatic rings. The fourth-order valence-corrected chi connectivity index (χ4v) is 3.67. The second-order valence-corrected chi connectivity index (χ2v) is 8.38. The molecule has 164 valence electrons. The highest BCUT2D eigenvalue weighted by Crippen LogP contribution is 2.30. The second kappa shape index (κ2) is 10.9. The van der Waals surface area contributed by atoms with Crippen LogP contribution >= 0.6 is 11.8 Å². The molecule has 0 aliphatic carbocycles. The summed E-state index contributed by atoms with van der Waals surface area (Å²) in [6.45, 7) is 6.87. The van der Waals surface area contributed by atoms with E-state index in [1.165, 1.54) is 11.8 Å². The molecule has 2 aromatic heterocycles. The lowest BCUT2D eigenvalue weighted by Gasteiger charge is -2.14. The quantitative estimate of drug-likeness (QED) is 0.345. The van der Waals surface area contributed by atoms with E-state index in [2.05, 4.69) is 38.1 Å². The van der Waals surface area contributed by atoms with Crippen LogP contribution in [0, 0.1) is 6.92 Å². The highest BCUT2D eigenvalue weighted by atomic mass is 32.2. The van der Waals surface area contributed by atoms with Gasteiger partial charge >= 0.3 is 0 Å². The van der Waals surface area contributed by atoms with E-state index in [0.717, 1.165) is 40.8 Å². The fraction of sp³-hybridized carbons (Fsp3) is 0.364. The number of carbonyl (C=O) groups is 1. The van der Waals surface area contributed by atoms with Crippen LogP contribution < -0.4 is 16.0 Å². The van der Waals surface area contributed by atoms with Crippen molar-refractivity contribution in [1.82, 2.24) is 25.5 Å². The van der Waals surface area contributed by atoms with Gasteiger partial charge in [0, 0.05) is 40.5 Å². The van der Waals surface area contributed by atoms with E-state index >= 15 is 0 Å². The maximum Gasteiger partial charge on any atom is 0.224 e. The molecule has 1 aromatic carbocycles. The molecule has 9 heteroatoms. The van der Waals surface area contributed by atoms with E-state index in [1.54, 1.807) is 0 Å². The first-order valence-corrected chi connectivity index (χ1v) is 11.2. The highest BCUT2D eigenvalue weighted by Gasteiger charge is 2.13. The number of H-pyrrole nitrogens is 1. The zero-order valence-electron chi connectivity index (χ0n) is 18.3. The van der Waals surface area contributed by atoms with Crippen molar-refractivity contribution in [1.29, 1.82) is 0 Å². The Balaban J connectivity index is 1.81. The maximum atomic E-state index is 11.6. The molecule has 0 spiro atoms. The van der Waals surface area contributed by atoms with Gasteiger partial charge in [0.1, 0.15) is 5.82 Å². The molecule has 1 amide bonds. The topological polar surface area (TPSA) is 108 Å². The largest absolute Gasteiger partial charge is 0.326 e. The fourth-order valence-electron chi connectivity index (χ4n) is 2.89. The minimum Gasteiger partial charge on any atom is -0.326 e. The van der Waals surface area contributed by atoms with Crippen molar-refractivity contribution in [3.8, 4) is 0 Å². The van der Waals surface area contributed by atoms with Gasteiger partial charge in [0.15, 0.2) is 11.0 Å². The Morgan fingerprint density at radius 3 is 2.58 bits per heavy atom. The van der Waals surface area contributed by atoms with E-state index in [4.69, 9.17) is 4.98 Å². The van der Waals surface area contributed by atoms with Crippen LogP contribution in [-0.2, 0) is 4.79 Å². The average molecular weight is 440 g/mol. The van der Waals surface area contributed by atoms with Gasteiger partial charge in [-0.15, -0.1) is 0 Å². The van der Waals surface area contributed by atoms with Gasteiger partial charge in [-0.05, 0) is 68.9 Å². The molecule has 2 heterocycles. The molecular weight excluding hydrogens is 410 g/mol. The molecule has 0 saturated carbocycles. The third-order valence-corrected chi connectivity index (χ3v) is 5.56. The predicted molar refractivity (Wildman–Crippen MR) is 125 cm³/mol. The first-order valence-electron chi connectivity index (χ1n) is 10.4. The Labute approximate surface area is 187 Å². The van der Waals surface area contributed by atoms with Crippen molar-refractivity contribution in [2.24, 2.45) is 0 Å². The Morgan fingerprint density at radius 1 is 1.16 bits per heavy atom. The van der Waals surface area contributed by atoms with Crippen LogP contribution in [0.2, 0.25) is 0 Å². The molecule has 8 nitrogen and oxygen atoms in total. The summed E-state index contributed by atoms with van der Waals surface area (Å²) in [4.78, 5) is 22.0. The van der Waals surface area contributed by atoms with Gasteiger partial charge in [-0.25, -0.2) is 9.97 Å². The van der Waals surface area contributed by atoms with Gasteiger partial charge in [-0.2, -0.15) is 5.10 Å². The molecule has 3 rings (SSSR count). The van der Waals surface area contributed by atoms with Gasteiger partial charge in [-0.3, -0.25) is 9.89 Å². The lowest BCUT2D eigenvalue weighted by atomic mass is 10.0. The number of aromatic nitrogens is 4. The number of amides is 1. The van der Waals surface area contributed by atoms with Crippen molar-refractivity contribution in [2.75, 3.05) is 24.2 Å². The molecule has 0 radical (unpaired) electrons. The number of hydrogen-bond donors (Lipinski definition) is 4. The number of nitrogens with zero attached hydrogens (tertiary/aromatic N) is 3. The second-order valence-electron chi connectivity index (χ2n) is 7.34. The van der Waals surface area contributed by atoms with Gasteiger partial charge in [0.05, 0.1) is 0 Å². The zero-order chi connectivity index (χ0) is 22.2. The average Bonchev–Trinajstić information content (AvgIpc) is 3.17. The molecule has 1 atom stereocenters. The van der Waals surface area contributed by atoms with Crippen LogP contribution in [0.3, 0.4) is 0 Å². The summed E-state index contributed by atoms with van der Waals surface area (Å²) in [7, 11) is 1.95. The molecule has 0 bridgehead atoms. The molecule has 3 aromatic rings. The van der Waals surface area contributed by atoms with Crippen molar-refractivity contribution < 1.29 is 4.79 Å². The minimum atomic E-state index is -0.00341. The van der Waals surface area contributed by atoms with E-state index in [-0.39, 0.29) is 11.8 Å². The van der Waals surface area contributed by atoms with Crippen LogP contribution in [0.25, 0.3) is 0 Å². The van der Waals surface area contributed by atoms with Gasteiger partial charge in [0.25, 0.3) is 0 Å². The number of hydrogen-bond acceptors (Lipinski definition) is 7. The number of aryl methyl sites for hydroxylation is 1. The van der Waals surface area contributed by atoms with Crippen LogP contribution in [-0.4, -0.2) is 39.7 Å². The lowest BCUT2D eigenvalue weighted by molar-refractivity contribution is -0.115. The number of carbonyl (C=O) groups excluding carboxylic acids is 1. The third kappa shape index (κ3) is 6.80. The maximum absolute atomic E-state index is 11.6. The summed E-state index contributed by atoms with van der Waals surface area (Å²) in [5, 5.41) is 17.2. The monoisotopic (exact) mass is 439 g/mol. The van der Waals surface area contributed by atoms with Crippen molar-refractivity contribution in [3.63, 3.8) is 0 Å². The lowest BCUT2D eigenvalue weighted by Crippen LogP contribution is -2.12. The Kier molecular flexibility index (Phi) is 8.02. The number of benzene rings is 1. The summed E-state index contributed by atoms with van der Waals surface area (Å²) in [5.74, 6) is 1.71. The van der Waals surface area contributed by atoms with Gasteiger partial charge in [-0.1, -0.05) is 13.8 Å². The Morgan fingerprint density at radius 2 is 1.94 bits per heavy atom. The molecule has 0 saturated heterocycles. The Bertz CT molecular complexity index is 1000. The standard InChI is InChI=1S/C22H29N7OS/c1-5-21(30)24-16-6-8-17(9-7-16)31-22-25-18(14(2)10-11-23-4)13-19(27-22)26-20-12-15(3)28-29-20/h6-9,12-14,23H,5,10-11H2,1-4H3,(H,24,30)(H2,25,26,27,28,29). The van der Waals surface area contributed by atoms with Crippen LogP contribution in [0.1, 0.15) is 44.0 Å². The van der Waals surface area contributed by atoms with E-state index < -0.39 is 0 Å². The zero-order valence-corrected chi connectivity index (χ0v) is 19.1. The van der Waals surface area contributed by atoms with Crippen LogP contribution in [0.5, 0.6) is 0 Å². The smallest absolute Gasteiger partial charge is 0.224 e. The summed E-state index contributed by atoms with van der Waals surface area (Å²) in [5.41, 5.74) is 2.74. The van der Waals surface area contributed by atoms with Gasteiger partial charge in [0.2, 0.25) is 5.91 Å². The number of aromatic amines is 1. The van der Waals surface area contributed by atoms with E-state index in [0.29, 0.717) is 17.4 Å². The summed E-state index contributed by atoms with van der Waals surface area (Å²) in [6.07, 6.45) is 1.43. The SMILES string of the molecule is CCC(=O)Nc1ccc(Sc2nc(Nc3cc(C)[nH]n3)cc(C(C)CCNC)n2)cc1. The number of anilines is 3. The summed E-state index contributed by atoms with van der Waals surface area (Å²) >= 11 is 1.49. The summed E-state index contributed by atoms with van der Waals surface area (Å²) < 4.78 is 0. The highest BCUT2D eigenvalue weighted by molar-refractivity contribution is 7.99. The van der Waals surface area contributed by atoms with Gasteiger partial charge < -0.3 is 16.0 Å². The van der Waals surface area contributed by atoms with E-state index in [9.17, 15) is 4.79 Å². The van der Waals surface area contributed by atoms with Crippen LogP contribution in [0.4, 0.5) is 17.3 Å². The molecule has 4 N–H and O–H groups in total. The Hall–Kier alpha value is -2.91. The first kappa shape index (κ1) is 22.8. The molecular formula is C22H29N7OS. The third-order valence-electron chi connectivity index (χ3n) is 4.69. The molecule has 0 aliphatic heterocycles. The minimum absolute atomic E-state index is 0.00341. The predicted octanol–water partition coefficient (Wildman–Crippen LogP) is 4.46. The van der Waals surface area contributed by atoms with Crippen molar-refractivity contribution in [2.45, 2.75) is 49.6 Å². The first-order chi connectivity index (χ1) is 15.0. The number of rotatable bonds is 10. The van der Waals surface area contributed by atoms with Crippen molar-refractivity contribution >= 4 is 35.0 Å². The molecule has 0 fully saturated rings. The normalized spacial score (nSPS) is 11.9. The number of nitrogens with one attached hydrogen (secondary N) is 4. The van der Waals surface area contributed by atoms with Crippen LogP contribution in [0.15, 0.2) is 46.5 Å². The van der Waals surface area contributed by atoms with Crippen molar-refractivity contribution in [3.05, 3.63) is 47.8 Å².